The molecule has 0 saturated carbocycles. The number of amides is 1. The first-order valence-corrected chi connectivity index (χ1v) is 8.04. The maximum Gasteiger partial charge on any atom is 0.244 e. The Balaban J connectivity index is 2.33. The molecule has 0 heterocycles. The van der Waals surface area contributed by atoms with E-state index in [4.69, 9.17) is 4.74 Å². The van der Waals surface area contributed by atoms with Crippen LogP contribution in [0, 0.1) is 6.92 Å². The lowest BCUT2D eigenvalue weighted by Gasteiger charge is -2.30. The van der Waals surface area contributed by atoms with Gasteiger partial charge in [0.25, 0.3) is 0 Å². The van der Waals surface area contributed by atoms with Gasteiger partial charge in [-0.2, -0.15) is 0 Å². The van der Waals surface area contributed by atoms with Crippen LogP contribution in [0.2, 0.25) is 0 Å². The summed E-state index contributed by atoms with van der Waals surface area (Å²) in [5.41, 5.74) is 3.24. The smallest absolute Gasteiger partial charge is 0.244 e. The van der Waals surface area contributed by atoms with E-state index < -0.39 is 0 Å². The normalized spacial score (nSPS) is 12.1. The van der Waals surface area contributed by atoms with Crippen LogP contribution in [0.4, 0.5) is 0 Å². The largest absolute Gasteiger partial charge is 0.496 e. The van der Waals surface area contributed by atoms with Gasteiger partial charge in [-0.05, 0) is 25.6 Å². The predicted octanol–water partition coefficient (Wildman–Crippen LogP) is 3.26. The third-order valence-corrected chi connectivity index (χ3v) is 4.09. The monoisotopic (exact) mass is 326 g/mol. The molecule has 128 valence electrons. The van der Waals surface area contributed by atoms with Crippen LogP contribution in [0.25, 0.3) is 0 Å². The minimum atomic E-state index is -0.327. The predicted molar refractivity (Wildman–Crippen MR) is 97.1 cm³/mol. The second-order valence-electron chi connectivity index (χ2n) is 6.28. The van der Waals surface area contributed by atoms with E-state index >= 15 is 0 Å². The number of aryl methyl sites for hydroxylation is 1. The summed E-state index contributed by atoms with van der Waals surface area (Å²) >= 11 is 0. The molecule has 0 N–H and O–H groups in total. The lowest BCUT2D eigenvalue weighted by Crippen LogP contribution is -2.37. The molecule has 4 nitrogen and oxygen atoms in total. The van der Waals surface area contributed by atoms with Crippen molar-refractivity contribution in [1.29, 1.82) is 0 Å². The molecule has 1 amide bonds. The third-order valence-electron chi connectivity index (χ3n) is 4.09. The first-order valence-electron chi connectivity index (χ1n) is 8.04. The van der Waals surface area contributed by atoms with Crippen LogP contribution in [-0.4, -0.2) is 44.0 Å². The molecule has 0 radical (unpaired) electrons. The molecule has 0 aliphatic carbocycles. The molecule has 1 unspecified atom stereocenters. The molecule has 0 spiro atoms. The number of hydrogen-bond acceptors (Lipinski definition) is 3. The van der Waals surface area contributed by atoms with Crippen molar-refractivity contribution >= 4 is 5.91 Å². The molecule has 0 saturated heterocycles. The van der Waals surface area contributed by atoms with Gasteiger partial charge in [0.05, 0.1) is 7.11 Å². The average molecular weight is 326 g/mol. The molecule has 0 aliphatic rings. The number of hydrogen-bond donors (Lipinski definition) is 0. The van der Waals surface area contributed by atoms with Gasteiger partial charge >= 0.3 is 0 Å². The average Bonchev–Trinajstić information content (AvgIpc) is 2.56. The summed E-state index contributed by atoms with van der Waals surface area (Å²) in [6.45, 7) is 2.69. The van der Waals surface area contributed by atoms with Crippen LogP contribution in [0.15, 0.2) is 48.5 Å². The molecule has 0 bridgehead atoms. The molecule has 0 aromatic heterocycles. The molecule has 2 aromatic carbocycles. The first kappa shape index (κ1) is 18.0. The van der Waals surface area contributed by atoms with E-state index in [9.17, 15) is 4.79 Å². The summed E-state index contributed by atoms with van der Waals surface area (Å²) in [4.78, 5) is 16.5. The molecule has 24 heavy (non-hydrogen) atoms. The van der Waals surface area contributed by atoms with E-state index in [1.807, 2.05) is 49.5 Å². The lowest BCUT2D eigenvalue weighted by atomic mass is 10.0. The topological polar surface area (TPSA) is 32.8 Å². The van der Waals surface area contributed by atoms with Crippen molar-refractivity contribution in [1.82, 2.24) is 9.80 Å². The highest BCUT2D eigenvalue weighted by molar-refractivity contribution is 5.82. The Bertz CT molecular complexity index is 683. The first-order chi connectivity index (χ1) is 11.4. The van der Waals surface area contributed by atoms with E-state index in [1.165, 1.54) is 5.56 Å². The number of rotatable bonds is 6. The Morgan fingerprint density at radius 1 is 1.08 bits per heavy atom. The van der Waals surface area contributed by atoms with Crippen LogP contribution in [-0.2, 0) is 11.3 Å². The SMILES string of the molecule is COc1ccc(C)cc1CN(C)C(C(=O)N(C)C)c1ccccc1. The molecule has 2 aromatic rings. The fourth-order valence-corrected chi connectivity index (χ4v) is 2.86. The number of carbonyl (C=O) groups is 1. The molecule has 0 aliphatic heterocycles. The van der Waals surface area contributed by atoms with Crippen LogP contribution < -0.4 is 4.74 Å². The highest BCUT2D eigenvalue weighted by Gasteiger charge is 2.27. The number of nitrogens with zero attached hydrogens (tertiary/aromatic N) is 2. The number of likely N-dealkylation sites (N-methyl/N-ethyl adjacent to an activating group) is 2. The van der Waals surface area contributed by atoms with Crippen LogP contribution in [0.3, 0.4) is 0 Å². The van der Waals surface area contributed by atoms with E-state index in [2.05, 4.69) is 17.9 Å². The number of carbonyl (C=O) groups excluding carboxylic acids is 1. The molecular formula is C20H26N2O2. The van der Waals surface area contributed by atoms with E-state index in [0.717, 1.165) is 16.9 Å². The Labute approximate surface area is 144 Å². The van der Waals surface area contributed by atoms with Crippen molar-refractivity contribution in [2.75, 3.05) is 28.3 Å². The second kappa shape index (κ2) is 7.97. The van der Waals surface area contributed by atoms with Gasteiger partial charge in [-0.3, -0.25) is 9.69 Å². The van der Waals surface area contributed by atoms with E-state index in [-0.39, 0.29) is 11.9 Å². The van der Waals surface area contributed by atoms with Crippen LogP contribution in [0.1, 0.15) is 22.7 Å². The van der Waals surface area contributed by atoms with Crippen molar-refractivity contribution < 1.29 is 9.53 Å². The standard InChI is InChI=1S/C20H26N2O2/c1-15-11-12-18(24-5)17(13-15)14-22(4)19(20(23)21(2)3)16-9-7-6-8-10-16/h6-13,19H,14H2,1-5H3. The Hall–Kier alpha value is -2.33. The van der Waals surface area contributed by atoms with Gasteiger partial charge in [0, 0.05) is 26.2 Å². The van der Waals surface area contributed by atoms with Gasteiger partial charge in [-0.25, -0.2) is 0 Å². The van der Waals surface area contributed by atoms with Gasteiger partial charge in [0.15, 0.2) is 0 Å². The van der Waals surface area contributed by atoms with Crippen molar-refractivity contribution in [3.8, 4) is 5.75 Å². The molecule has 2 rings (SSSR count). The zero-order chi connectivity index (χ0) is 17.7. The fraction of sp³-hybridized carbons (Fsp3) is 0.350. The highest BCUT2D eigenvalue weighted by atomic mass is 16.5. The summed E-state index contributed by atoms with van der Waals surface area (Å²) in [5, 5.41) is 0. The summed E-state index contributed by atoms with van der Waals surface area (Å²) in [6.07, 6.45) is 0. The lowest BCUT2D eigenvalue weighted by molar-refractivity contribution is -0.134. The number of benzene rings is 2. The van der Waals surface area contributed by atoms with E-state index in [1.54, 1.807) is 26.1 Å². The van der Waals surface area contributed by atoms with Gasteiger partial charge in [-0.15, -0.1) is 0 Å². The quantitative estimate of drug-likeness (QED) is 0.817. The molecule has 1 atom stereocenters. The Morgan fingerprint density at radius 3 is 2.33 bits per heavy atom. The van der Waals surface area contributed by atoms with Gasteiger partial charge < -0.3 is 9.64 Å². The van der Waals surface area contributed by atoms with Crippen LogP contribution >= 0.6 is 0 Å². The van der Waals surface area contributed by atoms with Crippen molar-refractivity contribution in [3.05, 3.63) is 65.2 Å². The second-order valence-corrected chi connectivity index (χ2v) is 6.28. The maximum absolute atomic E-state index is 12.7. The number of ether oxygens (including phenoxy) is 1. The summed E-state index contributed by atoms with van der Waals surface area (Å²) in [5.74, 6) is 0.909. The van der Waals surface area contributed by atoms with Gasteiger partial charge in [-0.1, -0.05) is 48.0 Å². The third kappa shape index (κ3) is 4.15. The minimum Gasteiger partial charge on any atom is -0.496 e. The highest BCUT2D eigenvalue weighted by Crippen LogP contribution is 2.27. The van der Waals surface area contributed by atoms with Crippen molar-refractivity contribution in [2.45, 2.75) is 19.5 Å². The van der Waals surface area contributed by atoms with Gasteiger partial charge in [0.1, 0.15) is 11.8 Å². The zero-order valence-electron chi connectivity index (χ0n) is 15.1. The molecule has 4 heteroatoms. The molecule has 0 fully saturated rings. The summed E-state index contributed by atoms with van der Waals surface area (Å²) in [6, 6.07) is 15.7. The maximum atomic E-state index is 12.7. The zero-order valence-corrected chi connectivity index (χ0v) is 15.1. The van der Waals surface area contributed by atoms with Crippen molar-refractivity contribution in [2.24, 2.45) is 0 Å². The van der Waals surface area contributed by atoms with E-state index in [0.29, 0.717) is 6.54 Å². The Morgan fingerprint density at radius 2 is 1.75 bits per heavy atom. The molecular weight excluding hydrogens is 300 g/mol. The Kier molecular flexibility index (Phi) is 5.99. The number of methoxy groups -OCH3 is 1. The van der Waals surface area contributed by atoms with Crippen molar-refractivity contribution in [3.63, 3.8) is 0 Å². The fourth-order valence-electron chi connectivity index (χ4n) is 2.86. The van der Waals surface area contributed by atoms with Crippen LogP contribution in [0.5, 0.6) is 5.75 Å². The minimum absolute atomic E-state index is 0.0651. The summed E-state index contributed by atoms with van der Waals surface area (Å²) < 4.78 is 5.47. The summed E-state index contributed by atoms with van der Waals surface area (Å²) in [7, 11) is 7.23. The van der Waals surface area contributed by atoms with Gasteiger partial charge in [0.2, 0.25) is 5.91 Å².